The van der Waals surface area contributed by atoms with Crippen molar-refractivity contribution in [3.8, 4) is 0 Å². The Hall–Kier alpha value is -2.11. The molecule has 0 spiro atoms. The fourth-order valence-corrected chi connectivity index (χ4v) is 2.40. The highest BCUT2D eigenvalue weighted by molar-refractivity contribution is 5.97. The zero-order chi connectivity index (χ0) is 14.7. The number of carbonyl (C=O) groups is 2. The molecule has 2 rings (SSSR count). The van der Waals surface area contributed by atoms with Crippen LogP contribution in [0.1, 0.15) is 26.2 Å². The number of aryl methyl sites for hydroxylation is 1. The highest BCUT2D eigenvalue weighted by Crippen LogP contribution is 2.18. The van der Waals surface area contributed by atoms with E-state index in [0.717, 1.165) is 0 Å². The molecule has 1 aromatic heterocycles. The number of pyridine rings is 1. The second kappa shape index (κ2) is 5.90. The van der Waals surface area contributed by atoms with Crippen LogP contribution in [-0.2, 0) is 16.1 Å². The summed E-state index contributed by atoms with van der Waals surface area (Å²) in [5, 5.41) is 0. The van der Waals surface area contributed by atoms with Crippen LogP contribution in [0.5, 0.6) is 0 Å². The van der Waals surface area contributed by atoms with E-state index >= 15 is 0 Å². The van der Waals surface area contributed by atoms with E-state index in [1.165, 1.54) is 15.5 Å². The van der Waals surface area contributed by atoms with Gasteiger partial charge >= 0.3 is 0 Å². The lowest BCUT2D eigenvalue weighted by Gasteiger charge is -2.28. The molecule has 1 saturated heterocycles. The molecule has 0 unspecified atom stereocenters. The molecule has 1 fully saturated rings. The number of rotatable bonds is 4. The number of amides is 2. The zero-order valence-electron chi connectivity index (χ0n) is 11.5. The van der Waals surface area contributed by atoms with Crippen LogP contribution in [0.15, 0.2) is 23.1 Å². The van der Waals surface area contributed by atoms with Gasteiger partial charge in [-0.15, -0.1) is 0 Å². The molecule has 6 nitrogen and oxygen atoms in total. The normalized spacial score (nSPS) is 16.8. The van der Waals surface area contributed by atoms with Crippen molar-refractivity contribution in [2.45, 2.75) is 32.7 Å². The number of likely N-dealkylation sites (tertiary alicyclic amines) is 1. The molecule has 0 bridgehead atoms. The van der Waals surface area contributed by atoms with E-state index in [1.807, 2.05) is 6.92 Å². The van der Waals surface area contributed by atoms with Gasteiger partial charge in [-0.3, -0.25) is 19.3 Å². The summed E-state index contributed by atoms with van der Waals surface area (Å²) in [4.78, 5) is 36.5. The molecule has 2 N–H and O–H groups in total. The second-order valence-corrected chi connectivity index (χ2v) is 5.30. The molecule has 108 valence electrons. The molecule has 0 radical (unpaired) electrons. The van der Waals surface area contributed by atoms with Crippen molar-refractivity contribution in [2.75, 3.05) is 12.3 Å². The topological polar surface area (TPSA) is 85.4 Å². The Morgan fingerprint density at radius 3 is 2.45 bits per heavy atom. The smallest absolute Gasteiger partial charge is 0.250 e. The maximum absolute atomic E-state index is 11.8. The van der Waals surface area contributed by atoms with E-state index in [2.05, 4.69) is 0 Å². The van der Waals surface area contributed by atoms with Gasteiger partial charge in [0.25, 0.3) is 5.56 Å². The number of imide groups is 1. The third kappa shape index (κ3) is 3.26. The number of anilines is 1. The molecule has 2 amide bonds. The average molecular weight is 277 g/mol. The minimum Gasteiger partial charge on any atom is -0.398 e. The fourth-order valence-electron chi connectivity index (χ4n) is 2.40. The summed E-state index contributed by atoms with van der Waals surface area (Å²) in [5.41, 5.74) is 6.01. The average Bonchev–Trinajstić information content (AvgIpc) is 2.36. The Balaban J connectivity index is 1.92. The third-order valence-corrected chi connectivity index (χ3v) is 3.44. The van der Waals surface area contributed by atoms with Crippen LogP contribution in [0.2, 0.25) is 0 Å². The molecule has 20 heavy (non-hydrogen) atoms. The number of aromatic nitrogens is 1. The summed E-state index contributed by atoms with van der Waals surface area (Å²) in [5.74, 6) is -0.106. The maximum atomic E-state index is 11.8. The quantitative estimate of drug-likeness (QED) is 0.817. The van der Waals surface area contributed by atoms with Gasteiger partial charge in [0.2, 0.25) is 11.8 Å². The number of nitrogens with two attached hydrogens (primary N) is 1. The van der Waals surface area contributed by atoms with E-state index < -0.39 is 0 Å². The molecule has 0 aliphatic carbocycles. The number of hydrogen-bond acceptors (Lipinski definition) is 4. The van der Waals surface area contributed by atoms with Gasteiger partial charge in [0.05, 0.1) is 0 Å². The molecule has 6 heteroatoms. The van der Waals surface area contributed by atoms with Gasteiger partial charge in [0.1, 0.15) is 0 Å². The lowest BCUT2D eigenvalue weighted by atomic mass is 9.98. The van der Waals surface area contributed by atoms with Crippen molar-refractivity contribution < 1.29 is 9.59 Å². The third-order valence-electron chi connectivity index (χ3n) is 3.44. The van der Waals surface area contributed by atoms with E-state index in [-0.39, 0.29) is 23.3 Å². The number of carbonyl (C=O) groups excluding carboxylic acids is 2. The minimum atomic E-state index is -0.135. The van der Waals surface area contributed by atoms with E-state index in [1.54, 1.807) is 12.3 Å². The van der Waals surface area contributed by atoms with Crippen LogP contribution in [0.4, 0.5) is 5.69 Å². The Labute approximate surface area is 117 Å². The summed E-state index contributed by atoms with van der Waals surface area (Å²) >= 11 is 0. The Kier molecular flexibility index (Phi) is 4.22. The van der Waals surface area contributed by atoms with Crippen molar-refractivity contribution in [3.63, 3.8) is 0 Å². The summed E-state index contributed by atoms with van der Waals surface area (Å²) in [6, 6.07) is 2.96. The van der Waals surface area contributed by atoms with Gasteiger partial charge in [0.15, 0.2) is 0 Å². The summed E-state index contributed by atoms with van der Waals surface area (Å²) < 4.78 is 1.50. The predicted octanol–water partition coefficient (Wildman–Crippen LogP) is 0.606. The number of piperidine rings is 1. The lowest BCUT2D eigenvalue weighted by molar-refractivity contribution is -0.149. The molecule has 2 heterocycles. The Bertz CT molecular complexity index is 561. The van der Waals surface area contributed by atoms with Crippen LogP contribution in [0.25, 0.3) is 0 Å². The van der Waals surface area contributed by atoms with Crippen molar-refractivity contribution >= 4 is 17.5 Å². The lowest BCUT2D eigenvalue weighted by Crippen LogP contribution is -2.43. The first-order valence-electron chi connectivity index (χ1n) is 6.76. The van der Waals surface area contributed by atoms with Gasteiger partial charge in [-0.1, -0.05) is 6.92 Å². The largest absolute Gasteiger partial charge is 0.398 e. The molecule has 0 saturated carbocycles. The second-order valence-electron chi connectivity index (χ2n) is 5.30. The van der Waals surface area contributed by atoms with Crippen molar-refractivity contribution in [3.05, 3.63) is 28.7 Å². The van der Waals surface area contributed by atoms with Gasteiger partial charge in [-0.25, -0.2) is 0 Å². The van der Waals surface area contributed by atoms with Gasteiger partial charge in [-0.05, 0) is 18.4 Å². The first-order valence-corrected chi connectivity index (χ1v) is 6.76. The monoisotopic (exact) mass is 277 g/mol. The number of nitrogens with zero attached hydrogens (tertiary/aromatic N) is 2. The van der Waals surface area contributed by atoms with E-state index in [0.29, 0.717) is 38.0 Å². The molecular formula is C14H19N3O3. The molecular weight excluding hydrogens is 258 g/mol. The molecule has 1 aliphatic heterocycles. The summed E-state index contributed by atoms with van der Waals surface area (Å²) in [7, 11) is 0. The first-order chi connectivity index (χ1) is 9.47. The number of hydrogen-bond donors (Lipinski definition) is 1. The summed E-state index contributed by atoms with van der Waals surface area (Å²) in [6.45, 7) is 2.70. The van der Waals surface area contributed by atoms with Gasteiger partial charge in [0, 0.05) is 43.9 Å². The standard InChI is InChI=1S/C14H19N3O3/c1-10-7-13(19)17(14(20)8-10)6-2-5-16-9-11(15)3-4-12(16)18/h3-4,9-10H,2,5-8,15H2,1H3. The molecule has 0 atom stereocenters. The highest BCUT2D eigenvalue weighted by atomic mass is 16.2. The van der Waals surface area contributed by atoms with Crippen molar-refractivity contribution in [2.24, 2.45) is 5.92 Å². The molecule has 0 aromatic carbocycles. The summed E-state index contributed by atoms with van der Waals surface area (Å²) in [6.07, 6.45) is 2.97. The SMILES string of the molecule is CC1CC(=O)N(CCCn2cc(N)ccc2=O)C(=O)C1. The Morgan fingerprint density at radius 2 is 1.80 bits per heavy atom. The van der Waals surface area contributed by atoms with Crippen LogP contribution in [-0.4, -0.2) is 27.8 Å². The van der Waals surface area contributed by atoms with Crippen LogP contribution < -0.4 is 11.3 Å². The fraction of sp³-hybridized carbons (Fsp3) is 0.500. The predicted molar refractivity (Wildman–Crippen MR) is 74.8 cm³/mol. The first kappa shape index (κ1) is 14.3. The van der Waals surface area contributed by atoms with Crippen LogP contribution in [0.3, 0.4) is 0 Å². The van der Waals surface area contributed by atoms with Crippen molar-refractivity contribution in [1.82, 2.24) is 9.47 Å². The molecule has 1 aliphatic rings. The minimum absolute atomic E-state index is 0.117. The van der Waals surface area contributed by atoms with Crippen LogP contribution in [0, 0.1) is 5.92 Å². The maximum Gasteiger partial charge on any atom is 0.250 e. The van der Waals surface area contributed by atoms with Crippen LogP contribution >= 0.6 is 0 Å². The van der Waals surface area contributed by atoms with E-state index in [4.69, 9.17) is 5.73 Å². The van der Waals surface area contributed by atoms with E-state index in [9.17, 15) is 14.4 Å². The van der Waals surface area contributed by atoms with Gasteiger partial charge < -0.3 is 10.3 Å². The van der Waals surface area contributed by atoms with Crippen molar-refractivity contribution in [1.29, 1.82) is 0 Å². The van der Waals surface area contributed by atoms with Gasteiger partial charge in [-0.2, -0.15) is 0 Å². The zero-order valence-corrected chi connectivity index (χ0v) is 11.5. The Morgan fingerprint density at radius 1 is 1.15 bits per heavy atom. The number of nitrogen functional groups attached to an aromatic ring is 1. The molecule has 1 aromatic rings. The highest BCUT2D eigenvalue weighted by Gasteiger charge is 2.29.